The van der Waals surface area contributed by atoms with E-state index >= 15 is 0 Å². The van der Waals surface area contributed by atoms with Crippen LogP contribution in [0.4, 0.5) is 34.6 Å². The Balaban J connectivity index is 1.11. The Morgan fingerprint density at radius 3 is 2.13 bits per heavy atom. The van der Waals surface area contributed by atoms with Crippen LogP contribution in [0.2, 0.25) is 5.02 Å². The summed E-state index contributed by atoms with van der Waals surface area (Å²) >= 11 is 5.92. The Bertz CT molecular complexity index is 1260. The fraction of sp³-hybridized carbons (Fsp3) is 0.481. The van der Waals surface area contributed by atoms with Crippen molar-refractivity contribution in [3.05, 3.63) is 55.8 Å². The molecule has 2 fully saturated rings. The summed E-state index contributed by atoms with van der Waals surface area (Å²) in [5.41, 5.74) is 0.344. The highest BCUT2D eigenvalue weighted by atomic mass is 35.5. The van der Waals surface area contributed by atoms with Crippen LogP contribution >= 0.6 is 11.6 Å². The number of halogens is 1. The smallest absolute Gasteiger partial charge is 0.253 e. The number of hydrogen-bond donors (Lipinski definition) is 3. The molecule has 0 unspecified atom stereocenters. The molecule has 10 nitrogen and oxygen atoms in total. The van der Waals surface area contributed by atoms with Gasteiger partial charge >= 0.3 is 0 Å². The van der Waals surface area contributed by atoms with Crippen LogP contribution in [-0.2, 0) is 0 Å². The first-order valence-electron chi connectivity index (χ1n) is 13.4. The summed E-state index contributed by atoms with van der Waals surface area (Å²) in [4.78, 5) is 40.6. The van der Waals surface area contributed by atoms with Crippen LogP contribution < -0.4 is 36.6 Å². The number of rotatable bonds is 12. The Hall–Kier alpha value is -3.37. The minimum atomic E-state index is -0.508. The maximum absolute atomic E-state index is 12.1. The van der Waals surface area contributed by atoms with E-state index in [9.17, 15) is 9.59 Å². The molecule has 202 valence electrons. The molecule has 11 heteroatoms. The Kier molecular flexibility index (Phi) is 8.29. The maximum atomic E-state index is 12.1. The Morgan fingerprint density at radius 1 is 0.842 bits per heavy atom. The fourth-order valence-electron chi connectivity index (χ4n) is 4.89. The van der Waals surface area contributed by atoms with Gasteiger partial charge in [0.1, 0.15) is 23.0 Å². The monoisotopic (exact) mass is 538 g/mol. The lowest BCUT2D eigenvalue weighted by Crippen LogP contribution is -2.38. The summed E-state index contributed by atoms with van der Waals surface area (Å²) in [6.45, 7) is 6.91. The quantitative estimate of drug-likeness (QED) is 0.298. The molecule has 2 saturated heterocycles. The summed E-state index contributed by atoms with van der Waals surface area (Å²) in [6.07, 6.45) is 4.79. The van der Waals surface area contributed by atoms with Crippen LogP contribution in [0, 0.1) is 0 Å². The first-order valence-corrected chi connectivity index (χ1v) is 13.8. The van der Waals surface area contributed by atoms with E-state index in [2.05, 4.69) is 36.7 Å². The van der Waals surface area contributed by atoms with Crippen molar-refractivity contribution in [3.63, 3.8) is 0 Å². The molecule has 2 aliphatic heterocycles. The highest BCUT2D eigenvalue weighted by molar-refractivity contribution is 6.30. The van der Waals surface area contributed by atoms with Crippen LogP contribution in [0.5, 0.6) is 0 Å². The molecule has 0 aliphatic carbocycles. The van der Waals surface area contributed by atoms with Gasteiger partial charge in [0.2, 0.25) is 5.95 Å². The Labute approximate surface area is 227 Å². The number of hydrogen-bond acceptors (Lipinski definition) is 10. The molecule has 0 saturated carbocycles. The zero-order valence-electron chi connectivity index (χ0n) is 21.8. The second kappa shape index (κ2) is 12.0. The number of benzene rings is 1. The van der Waals surface area contributed by atoms with Crippen molar-refractivity contribution < 1.29 is 0 Å². The topological polar surface area (TPSA) is 106 Å². The fourth-order valence-corrected chi connectivity index (χ4v) is 5.02. The highest BCUT2D eigenvalue weighted by Crippen LogP contribution is 2.26. The van der Waals surface area contributed by atoms with E-state index in [0.717, 1.165) is 56.9 Å². The van der Waals surface area contributed by atoms with Crippen LogP contribution in [-0.4, -0.2) is 74.3 Å². The SMILES string of the molecule is CN(CCNc1cc(N2CCCC2)nc(N2CCCC2)n1)CCNc1c(Nc2ccc(Cl)cc2)c(=O)c1=O. The largest absolute Gasteiger partial charge is 0.379 e. The number of aromatic nitrogens is 2. The molecule has 0 bridgehead atoms. The third kappa shape index (κ3) is 6.19. The number of anilines is 6. The molecule has 0 radical (unpaired) electrons. The van der Waals surface area contributed by atoms with Crippen LogP contribution in [0.25, 0.3) is 0 Å². The van der Waals surface area contributed by atoms with Gasteiger partial charge in [-0.25, -0.2) is 0 Å². The van der Waals surface area contributed by atoms with Crippen LogP contribution in [0.1, 0.15) is 25.7 Å². The van der Waals surface area contributed by atoms with Gasteiger partial charge in [-0.05, 0) is 57.0 Å². The van der Waals surface area contributed by atoms with Crippen LogP contribution in [0.3, 0.4) is 0 Å². The van der Waals surface area contributed by atoms with Crippen LogP contribution in [0.15, 0.2) is 39.9 Å². The van der Waals surface area contributed by atoms with E-state index in [1.165, 1.54) is 25.7 Å². The van der Waals surface area contributed by atoms with Gasteiger partial charge in [-0.3, -0.25) is 9.59 Å². The van der Waals surface area contributed by atoms with E-state index in [1.54, 1.807) is 24.3 Å². The van der Waals surface area contributed by atoms with Crippen molar-refractivity contribution in [1.82, 2.24) is 14.9 Å². The predicted molar refractivity (Wildman–Crippen MR) is 155 cm³/mol. The van der Waals surface area contributed by atoms with Gasteiger partial charge in [0.25, 0.3) is 10.9 Å². The number of nitrogens with one attached hydrogen (secondary N) is 3. The lowest BCUT2D eigenvalue weighted by Gasteiger charge is -2.22. The normalized spacial score (nSPS) is 15.6. The molecule has 2 aliphatic rings. The van der Waals surface area contributed by atoms with Crippen molar-refractivity contribution in [2.75, 3.05) is 85.2 Å². The van der Waals surface area contributed by atoms with Crippen molar-refractivity contribution >= 4 is 46.2 Å². The molecular weight excluding hydrogens is 504 g/mol. The van der Waals surface area contributed by atoms with Crippen molar-refractivity contribution in [2.45, 2.75) is 25.7 Å². The molecule has 1 aromatic heterocycles. The van der Waals surface area contributed by atoms with E-state index in [-0.39, 0.29) is 0 Å². The molecule has 38 heavy (non-hydrogen) atoms. The van der Waals surface area contributed by atoms with Gasteiger partial charge in [0.15, 0.2) is 0 Å². The second-order valence-corrected chi connectivity index (χ2v) is 10.4. The van der Waals surface area contributed by atoms with E-state index in [4.69, 9.17) is 21.6 Å². The summed E-state index contributed by atoms with van der Waals surface area (Å²) in [7, 11) is 2.03. The Morgan fingerprint density at radius 2 is 1.45 bits per heavy atom. The molecular formula is C27H35ClN8O2. The average Bonchev–Trinajstić information content (AvgIpc) is 3.66. The second-order valence-electron chi connectivity index (χ2n) is 10.00. The summed E-state index contributed by atoms with van der Waals surface area (Å²) in [6, 6.07) is 9.06. The standard InChI is InChI=1S/C27H35ClN8O2/c1-34(17-11-30-23-24(26(38)25(23)37)31-20-8-6-19(28)7-9-20)16-10-29-21-18-22(35-12-2-3-13-35)33-27(32-21)36-14-4-5-15-36/h6-9,18,30-31H,2-5,10-17H2,1H3,(H,29,32,33). The van der Waals surface area contributed by atoms with Gasteiger partial charge in [-0.15, -0.1) is 0 Å². The zero-order valence-corrected chi connectivity index (χ0v) is 22.6. The zero-order chi connectivity index (χ0) is 26.5. The molecule has 5 rings (SSSR count). The highest BCUT2D eigenvalue weighted by Gasteiger charge is 2.22. The average molecular weight is 539 g/mol. The van der Waals surface area contributed by atoms with Crippen molar-refractivity contribution in [2.24, 2.45) is 0 Å². The van der Waals surface area contributed by atoms with E-state index < -0.39 is 10.9 Å². The molecule has 2 aromatic carbocycles. The van der Waals surface area contributed by atoms with Crippen molar-refractivity contribution in [3.8, 4) is 0 Å². The number of likely N-dealkylation sites (N-methyl/N-ethyl adjacent to an activating group) is 1. The van der Waals surface area contributed by atoms with Gasteiger partial charge in [0.05, 0.1) is 0 Å². The van der Waals surface area contributed by atoms with Crippen molar-refractivity contribution in [1.29, 1.82) is 0 Å². The number of nitrogens with zero attached hydrogens (tertiary/aromatic N) is 5. The predicted octanol–water partition coefficient (Wildman–Crippen LogP) is 3.13. The lowest BCUT2D eigenvalue weighted by molar-refractivity contribution is 0.360. The lowest BCUT2D eigenvalue weighted by atomic mass is 10.1. The van der Waals surface area contributed by atoms with E-state index in [1.807, 2.05) is 7.05 Å². The van der Waals surface area contributed by atoms with Gasteiger partial charge in [0, 0.05) is 69.1 Å². The summed E-state index contributed by atoms with van der Waals surface area (Å²) in [5.74, 6) is 2.69. The molecule has 3 heterocycles. The first kappa shape index (κ1) is 26.2. The molecule has 0 atom stereocenters. The summed E-state index contributed by atoms with van der Waals surface area (Å²) in [5, 5.41) is 10.2. The summed E-state index contributed by atoms with van der Waals surface area (Å²) < 4.78 is 0. The third-order valence-corrected chi connectivity index (χ3v) is 7.39. The first-order chi connectivity index (χ1) is 18.5. The molecule has 0 amide bonds. The third-order valence-electron chi connectivity index (χ3n) is 7.14. The van der Waals surface area contributed by atoms with Gasteiger partial charge in [-0.1, -0.05) is 11.6 Å². The molecule has 3 N–H and O–H groups in total. The minimum absolute atomic E-state index is 0.299. The van der Waals surface area contributed by atoms with Gasteiger partial charge in [-0.2, -0.15) is 9.97 Å². The minimum Gasteiger partial charge on any atom is -0.379 e. The molecule has 0 spiro atoms. The van der Waals surface area contributed by atoms with E-state index in [0.29, 0.717) is 35.2 Å². The maximum Gasteiger partial charge on any atom is 0.253 e. The van der Waals surface area contributed by atoms with Gasteiger partial charge < -0.3 is 30.7 Å². The molecule has 3 aromatic rings.